The highest BCUT2D eigenvalue weighted by atomic mass is 16.4. The molecule has 0 aromatic heterocycles. The first-order valence-corrected chi connectivity index (χ1v) is 3.10. The molecule has 0 amide bonds. The molecule has 0 aromatic rings. The van der Waals surface area contributed by atoms with Gasteiger partial charge in [-0.2, -0.15) is 0 Å². The first kappa shape index (κ1) is 6.55. The fraction of sp³-hybridized carbons (Fsp3) is 0.833. The highest BCUT2D eigenvalue weighted by Gasteiger charge is 2.25. The van der Waals surface area contributed by atoms with E-state index in [4.69, 9.17) is 5.11 Å². The van der Waals surface area contributed by atoms with Gasteiger partial charge in [-0.05, 0) is 12.8 Å². The van der Waals surface area contributed by atoms with Gasteiger partial charge in [0.15, 0.2) is 0 Å². The second kappa shape index (κ2) is 2.35. The quantitative estimate of drug-likeness (QED) is 0.488. The third-order valence-electron chi connectivity index (χ3n) is 1.78. The van der Waals surface area contributed by atoms with Crippen molar-refractivity contribution in [1.82, 2.24) is 0 Å². The van der Waals surface area contributed by atoms with Gasteiger partial charge >= 0.3 is 0 Å². The van der Waals surface area contributed by atoms with E-state index < -0.39 is 18.0 Å². The maximum Gasteiger partial charge on any atom is 0.0620 e. The summed E-state index contributed by atoms with van der Waals surface area (Å²) in [7, 11) is 0. The molecule has 3 heteroatoms. The number of rotatable bonds is 1. The molecule has 0 heterocycles. The van der Waals surface area contributed by atoms with Crippen LogP contribution in [-0.2, 0) is 4.79 Å². The van der Waals surface area contributed by atoms with Gasteiger partial charge in [-0.15, -0.1) is 0 Å². The van der Waals surface area contributed by atoms with E-state index in [2.05, 4.69) is 0 Å². The van der Waals surface area contributed by atoms with Crippen LogP contribution < -0.4 is 5.11 Å². The Kier molecular flexibility index (Phi) is 1.71. The molecule has 52 valence electrons. The van der Waals surface area contributed by atoms with Crippen molar-refractivity contribution in [2.45, 2.75) is 25.4 Å². The second-order valence-electron chi connectivity index (χ2n) is 2.42. The van der Waals surface area contributed by atoms with Crippen LogP contribution in [-0.4, -0.2) is 17.2 Å². The van der Waals surface area contributed by atoms with Crippen molar-refractivity contribution in [3.8, 4) is 0 Å². The van der Waals surface area contributed by atoms with Crippen LogP contribution >= 0.6 is 0 Å². The van der Waals surface area contributed by atoms with Crippen LogP contribution in [0.3, 0.4) is 0 Å². The SMILES string of the molecule is O=C([O-])C1CCCC1O. The lowest BCUT2D eigenvalue weighted by Gasteiger charge is -2.13. The van der Waals surface area contributed by atoms with E-state index in [0.29, 0.717) is 12.8 Å². The predicted molar refractivity (Wildman–Crippen MR) is 28.4 cm³/mol. The van der Waals surface area contributed by atoms with Gasteiger partial charge < -0.3 is 15.0 Å². The highest BCUT2D eigenvalue weighted by molar-refractivity contribution is 5.68. The molecular formula is C6H9O3-. The van der Waals surface area contributed by atoms with Crippen molar-refractivity contribution in [2.75, 3.05) is 0 Å². The van der Waals surface area contributed by atoms with Gasteiger partial charge in [0.05, 0.1) is 6.10 Å². The number of aliphatic hydroxyl groups is 1. The topological polar surface area (TPSA) is 60.4 Å². The van der Waals surface area contributed by atoms with Crippen molar-refractivity contribution in [2.24, 2.45) is 5.92 Å². The summed E-state index contributed by atoms with van der Waals surface area (Å²) in [6.45, 7) is 0. The third-order valence-corrected chi connectivity index (χ3v) is 1.78. The predicted octanol–water partition coefficient (Wildman–Crippen LogP) is -1.10. The molecule has 0 radical (unpaired) electrons. The van der Waals surface area contributed by atoms with Crippen LogP contribution in [0, 0.1) is 5.92 Å². The summed E-state index contributed by atoms with van der Waals surface area (Å²) >= 11 is 0. The molecule has 0 saturated heterocycles. The number of carbonyl (C=O) groups excluding carboxylic acids is 1. The van der Waals surface area contributed by atoms with E-state index in [-0.39, 0.29) is 0 Å². The van der Waals surface area contributed by atoms with Crippen LogP contribution in [0.15, 0.2) is 0 Å². The minimum atomic E-state index is -1.11. The van der Waals surface area contributed by atoms with E-state index in [9.17, 15) is 9.90 Å². The summed E-state index contributed by atoms with van der Waals surface area (Å²) in [4.78, 5) is 10.1. The molecule has 0 spiro atoms. The van der Waals surface area contributed by atoms with Crippen molar-refractivity contribution >= 4 is 5.97 Å². The summed E-state index contributed by atoms with van der Waals surface area (Å²) in [5, 5.41) is 19.1. The Morgan fingerprint density at radius 3 is 2.44 bits per heavy atom. The highest BCUT2D eigenvalue weighted by Crippen LogP contribution is 2.24. The van der Waals surface area contributed by atoms with Crippen LogP contribution in [0.5, 0.6) is 0 Å². The summed E-state index contributed by atoms with van der Waals surface area (Å²) in [5.41, 5.74) is 0. The lowest BCUT2D eigenvalue weighted by Crippen LogP contribution is -2.35. The summed E-state index contributed by atoms with van der Waals surface area (Å²) in [6, 6.07) is 0. The molecule has 2 atom stereocenters. The van der Waals surface area contributed by atoms with Crippen molar-refractivity contribution in [1.29, 1.82) is 0 Å². The monoisotopic (exact) mass is 129 g/mol. The zero-order valence-electron chi connectivity index (χ0n) is 5.04. The maximum absolute atomic E-state index is 10.1. The average Bonchev–Trinajstić information content (AvgIpc) is 2.13. The lowest BCUT2D eigenvalue weighted by atomic mass is 10.1. The van der Waals surface area contributed by atoms with Gasteiger partial charge in [0, 0.05) is 11.9 Å². The van der Waals surface area contributed by atoms with E-state index in [0.717, 1.165) is 6.42 Å². The largest absolute Gasteiger partial charge is 0.550 e. The molecule has 1 fully saturated rings. The normalized spacial score (nSPS) is 34.8. The minimum Gasteiger partial charge on any atom is -0.550 e. The molecule has 2 unspecified atom stereocenters. The number of carbonyl (C=O) groups is 1. The summed E-state index contributed by atoms with van der Waals surface area (Å²) in [6.07, 6.45) is 1.33. The van der Waals surface area contributed by atoms with Crippen molar-refractivity contribution in [3.63, 3.8) is 0 Å². The number of carboxylic acid groups (broad SMARTS) is 1. The minimum absolute atomic E-state index is 0.573. The van der Waals surface area contributed by atoms with Crippen LogP contribution in [0.1, 0.15) is 19.3 Å². The zero-order chi connectivity index (χ0) is 6.85. The zero-order valence-corrected chi connectivity index (χ0v) is 5.04. The standard InChI is InChI=1S/C6H10O3/c7-5-3-1-2-4(5)6(8)9/h4-5,7H,1-3H2,(H,8,9)/p-1. The van der Waals surface area contributed by atoms with Crippen molar-refractivity contribution < 1.29 is 15.0 Å². The Labute approximate surface area is 53.3 Å². The fourth-order valence-electron chi connectivity index (χ4n) is 1.22. The second-order valence-corrected chi connectivity index (χ2v) is 2.42. The molecule has 0 aromatic carbocycles. The number of aliphatic hydroxyl groups excluding tert-OH is 1. The molecule has 0 aliphatic heterocycles. The van der Waals surface area contributed by atoms with Crippen LogP contribution in [0.4, 0.5) is 0 Å². The number of hydrogen-bond donors (Lipinski definition) is 1. The molecule has 1 aliphatic rings. The number of carboxylic acids is 1. The molecule has 3 nitrogen and oxygen atoms in total. The van der Waals surface area contributed by atoms with E-state index in [1.165, 1.54) is 0 Å². The van der Waals surface area contributed by atoms with Crippen LogP contribution in [0.25, 0.3) is 0 Å². The van der Waals surface area contributed by atoms with Crippen LogP contribution in [0.2, 0.25) is 0 Å². The van der Waals surface area contributed by atoms with E-state index >= 15 is 0 Å². The first-order chi connectivity index (χ1) is 4.22. The molecular weight excluding hydrogens is 120 g/mol. The third kappa shape index (κ3) is 1.21. The van der Waals surface area contributed by atoms with Gasteiger partial charge in [0.25, 0.3) is 0 Å². The van der Waals surface area contributed by atoms with Gasteiger partial charge in [-0.25, -0.2) is 0 Å². The Balaban J connectivity index is 2.49. The molecule has 9 heavy (non-hydrogen) atoms. The fourth-order valence-corrected chi connectivity index (χ4v) is 1.22. The average molecular weight is 129 g/mol. The smallest absolute Gasteiger partial charge is 0.0620 e. The molecule has 1 saturated carbocycles. The van der Waals surface area contributed by atoms with Gasteiger partial charge in [0.1, 0.15) is 0 Å². The number of hydrogen-bond acceptors (Lipinski definition) is 3. The molecule has 1 N–H and O–H groups in total. The van der Waals surface area contributed by atoms with E-state index in [1.807, 2.05) is 0 Å². The van der Waals surface area contributed by atoms with Gasteiger partial charge in [-0.3, -0.25) is 0 Å². The Bertz CT molecular complexity index is 121. The van der Waals surface area contributed by atoms with Gasteiger partial charge in [0.2, 0.25) is 0 Å². The summed E-state index contributed by atoms with van der Waals surface area (Å²) < 4.78 is 0. The molecule has 1 rings (SSSR count). The van der Waals surface area contributed by atoms with E-state index in [1.54, 1.807) is 0 Å². The Morgan fingerprint density at radius 2 is 2.22 bits per heavy atom. The Hall–Kier alpha value is -0.570. The van der Waals surface area contributed by atoms with Gasteiger partial charge in [-0.1, -0.05) is 6.42 Å². The molecule has 1 aliphatic carbocycles. The number of aliphatic carboxylic acids is 1. The Morgan fingerprint density at radius 1 is 1.56 bits per heavy atom. The van der Waals surface area contributed by atoms with Crippen molar-refractivity contribution in [3.05, 3.63) is 0 Å². The molecule has 0 bridgehead atoms. The first-order valence-electron chi connectivity index (χ1n) is 3.10. The maximum atomic E-state index is 10.1. The lowest BCUT2D eigenvalue weighted by molar-refractivity contribution is -0.313. The summed E-state index contributed by atoms with van der Waals surface area (Å²) in [5.74, 6) is -1.72.